The molecule has 3 nitrogen and oxygen atoms in total. The highest BCUT2D eigenvalue weighted by atomic mass is 16.5. The Balaban J connectivity index is 2.38. The fraction of sp³-hybridized carbons (Fsp3) is 0.500. The van der Waals surface area contributed by atoms with Crippen molar-refractivity contribution in [3.05, 3.63) is 29.1 Å². The molecule has 1 aliphatic carbocycles. The molecule has 1 saturated carbocycles. The lowest BCUT2D eigenvalue weighted by atomic mass is 9.78. The highest BCUT2D eigenvalue weighted by Gasteiger charge is 2.25. The molecule has 1 aromatic rings. The quantitative estimate of drug-likeness (QED) is 0.696. The van der Waals surface area contributed by atoms with Crippen molar-refractivity contribution in [3.63, 3.8) is 0 Å². The summed E-state index contributed by atoms with van der Waals surface area (Å²) >= 11 is 0. The van der Waals surface area contributed by atoms with Crippen molar-refractivity contribution in [1.29, 1.82) is 0 Å². The molecule has 0 N–H and O–H groups in total. The summed E-state index contributed by atoms with van der Waals surface area (Å²) < 4.78 is 4.76. The number of nitrogens with zero attached hydrogens (tertiary/aromatic N) is 1. The zero-order valence-corrected chi connectivity index (χ0v) is 9.12. The number of esters is 1. The Hall–Kier alpha value is -1.38. The van der Waals surface area contributed by atoms with Gasteiger partial charge in [0.1, 0.15) is 0 Å². The van der Waals surface area contributed by atoms with Gasteiger partial charge < -0.3 is 4.74 Å². The SMILES string of the molecule is COC(=O)c1cnc(C)cc1C1CCC1. The first-order chi connectivity index (χ1) is 7.22. The van der Waals surface area contributed by atoms with Crippen LogP contribution >= 0.6 is 0 Å². The lowest BCUT2D eigenvalue weighted by Crippen LogP contribution is -2.15. The Morgan fingerprint density at radius 3 is 2.80 bits per heavy atom. The first-order valence-corrected chi connectivity index (χ1v) is 5.27. The third kappa shape index (κ3) is 1.87. The molecule has 1 aliphatic rings. The van der Waals surface area contributed by atoms with E-state index in [0.29, 0.717) is 11.5 Å². The third-order valence-corrected chi connectivity index (χ3v) is 3.02. The molecule has 0 aliphatic heterocycles. The smallest absolute Gasteiger partial charge is 0.339 e. The van der Waals surface area contributed by atoms with Gasteiger partial charge in [-0.15, -0.1) is 0 Å². The standard InChI is InChI=1S/C12H15NO2/c1-8-6-10(9-4-3-5-9)11(7-13-8)12(14)15-2/h6-7,9H,3-5H2,1-2H3. The van der Waals surface area contributed by atoms with E-state index in [1.807, 2.05) is 13.0 Å². The van der Waals surface area contributed by atoms with E-state index in [1.165, 1.54) is 26.4 Å². The number of ether oxygens (including phenoxy) is 1. The molecule has 0 unspecified atom stereocenters. The van der Waals surface area contributed by atoms with Gasteiger partial charge in [0.25, 0.3) is 0 Å². The van der Waals surface area contributed by atoms with E-state index in [9.17, 15) is 4.79 Å². The van der Waals surface area contributed by atoms with Crippen LogP contribution in [0, 0.1) is 6.92 Å². The number of pyridine rings is 1. The van der Waals surface area contributed by atoms with E-state index in [0.717, 1.165) is 11.3 Å². The Morgan fingerprint density at radius 2 is 2.27 bits per heavy atom. The molecule has 15 heavy (non-hydrogen) atoms. The van der Waals surface area contributed by atoms with Crippen LogP contribution in [-0.2, 0) is 4.74 Å². The van der Waals surface area contributed by atoms with Crippen molar-refractivity contribution in [1.82, 2.24) is 4.98 Å². The van der Waals surface area contributed by atoms with Crippen LogP contribution in [0.15, 0.2) is 12.3 Å². The summed E-state index contributed by atoms with van der Waals surface area (Å²) in [6, 6.07) is 2.01. The van der Waals surface area contributed by atoms with E-state index >= 15 is 0 Å². The maximum atomic E-state index is 11.5. The summed E-state index contributed by atoms with van der Waals surface area (Å²) in [5.41, 5.74) is 2.71. The Kier molecular flexibility index (Phi) is 2.71. The highest BCUT2D eigenvalue weighted by molar-refractivity contribution is 5.91. The van der Waals surface area contributed by atoms with Gasteiger partial charge in [-0.3, -0.25) is 4.98 Å². The second-order valence-electron chi connectivity index (χ2n) is 4.03. The summed E-state index contributed by atoms with van der Waals surface area (Å²) in [5.74, 6) is 0.255. The molecule has 0 radical (unpaired) electrons. The van der Waals surface area contributed by atoms with Crippen LogP contribution in [0.2, 0.25) is 0 Å². The zero-order valence-electron chi connectivity index (χ0n) is 9.12. The highest BCUT2D eigenvalue weighted by Crippen LogP contribution is 2.38. The number of rotatable bonds is 2. The number of hydrogen-bond acceptors (Lipinski definition) is 3. The van der Waals surface area contributed by atoms with Crippen LogP contribution in [0.5, 0.6) is 0 Å². The van der Waals surface area contributed by atoms with Crippen molar-refractivity contribution < 1.29 is 9.53 Å². The fourth-order valence-electron chi connectivity index (χ4n) is 1.92. The van der Waals surface area contributed by atoms with Gasteiger partial charge in [0.05, 0.1) is 12.7 Å². The van der Waals surface area contributed by atoms with Crippen LogP contribution in [0.25, 0.3) is 0 Å². The zero-order chi connectivity index (χ0) is 10.8. The molecule has 1 fully saturated rings. The Bertz CT molecular complexity index is 383. The van der Waals surface area contributed by atoms with Crippen LogP contribution in [0.4, 0.5) is 0 Å². The van der Waals surface area contributed by atoms with Crippen LogP contribution < -0.4 is 0 Å². The van der Waals surface area contributed by atoms with E-state index in [1.54, 1.807) is 6.20 Å². The monoisotopic (exact) mass is 205 g/mol. The summed E-state index contributed by atoms with van der Waals surface area (Å²) in [6.45, 7) is 1.95. The maximum Gasteiger partial charge on any atom is 0.339 e. The summed E-state index contributed by atoms with van der Waals surface area (Å²) in [6.07, 6.45) is 5.24. The number of aromatic nitrogens is 1. The van der Waals surface area contributed by atoms with Gasteiger partial charge in [0.2, 0.25) is 0 Å². The van der Waals surface area contributed by atoms with Crippen LogP contribution in [-0.4, -0.2) is 18.1 Å². The maximum absolute atomic E-state index is 11.5. The predicted octanol–water partition coefficient (Wildman–Crippen LogP) is 2.44. The molecule has 1 heterocycles. The van der Waals surface area contributed by atoms with Crippen molar-refractivity contribution in [2.24, 2.45) is 0 Å². The minimum Gasteiger partial charge on any atom is -0.465 e. The van der Waals surface area contributed by atoms with Crippen LogP contribution in [0.1, 0.15) is 46.8 Å². The number of methoxy groups -OCH3 is 1. The molecule has 0 spiro atoms. The van der Waals surface area contributed by atoms with Gasteiger partial charge in [0.15, 0.2) is 0 Å². The summed E-state index contributed by atoms with van der Waals surface area (Å²) in [5, 5.41) is 0. The molecular weight excluding hydrogens is 190 g/mol. The summed E-state index contributed by atoms with van der Waals surface area (Å²) in [4.78, 5) is 15.7. The van der Waals surface area contributed by atoms with Gasteiger partial charge in [0, 0.05) is 11.9 Å². The molecule has 0 bridgehead atoms. The van der Waals surface area contributed by atoms with Gasteiger partial charge in [-0.2, -0.15) is 0 Å². The van der Waals surface area contributed by atoms with Gasteiger partial charge in [-0.05, 0) is 37.3 Å². The third-order valence-electron chi connectivity index (χ3n) is 3.02. The van der Waals surface area contributed by atoms with E-state index < -0.39 is 0 Å². The molecule has 0 amide bonds. The van der Waals surface area contributed by atoms with Crippen molar-refractivity contribution in [2.75, 3.05) is 7.11 Å². The largest absolute Gasteiger partial charge is 0.465 e. The minimum atomic E-state index is -0.274. The average Bonchev–Trinajstić information content (AvgIpc) is 2.14. The van der Waals surface area contributed by atoms with Crippen molar-refractivity contribution >= 4 is 5.97 Å². The first kappa shape index (κ1) is 10.1. The van der Waals surface area contributed by atoms with Gasteiger partial charge in [-0.1, -0.05) is 6.42 Å². The van der Waals surface area contributed by atoms with Crippen molar-refractivity contribution in [3.8, 4) is 0 Å². The minimum absolute atomic E-state index is 0.274. The molecular formula is C12H15NO2. The lowest BCUT2D eigenvalue weighted by Gasteiger charge is -2.27. The molecule has 80 valence electrons. The Morgan fingerprint density at radius 1 is 1.53 bits per heavy atom. The van der Waals surface area contributed by atoms with Gasteiger partial charge >= 0.3 is 5.97 Å². The predicted molar refractivity (Wildman–Crippen MR) is 56.9 cm³/mol. The van der Waals surface area contributed by atoms with E-state index in [4.69, 9.17) is 4.74 Å². The average molecular weight is 205 g/mol. The van der Waals surface area contributed by atoms with Crippen LogP contribution in [0.3, 0.4) is 0 Å². The summed E-state index contributed by atoms with van der Waals surface area (Å²) in [7, 11) is 1.41. The van der Waals surface area contributed by atoms with Gasteiger partial charge in [-0.25, -0.2) is 4.79 Å². The number of hydrogen-bond donors (Lipinski definition) is 0. The number of carbonyl (C=O) groups excluding carboxylic acids is 1. The number of carbonyl (C=O) groups is 1. The second kappa shape index (κ2) is 4.01. The fourth-order valence-corrected chi connectivity index (χ4v) is 1.92. The molecule has 1 aromatic heterocycles. The number of aryl methyl sites for hydroxylation is 1. The van der Waals surface area contributed by atoms with Crippen molar-refractivity contribution in [2.45, 2.75) is 32.1 Å². The molecule has 0 saturated heterocycles. The Labute approximate surface area is 89.5 Å². The first-order valence-electron chi connectivity index (χ1n) is 5.27. The molecule has 0 atom stereocenters. The molecule has 3 heteroatoms. The lowest BCUT2D eigenvalue weighted by molar-refractivity contribution is 0.0597. The normalized spacial score (nSPS) is 15.9. The topological polar surface area (TPSA) is 39.2 Å². The van der Waals surface area contributed by atoms with E-state index in [2.05, 4.69) is 4.98 Å². The second-order valence-corrected chi connectivity index (χ2v) is 4.03. The van der Waals surface area contributed by atoms with E-state index in [-0.39, 0.29) is 5.97 Å². The molecule has 2 rings (SSSR count). The molecule has 0 aromatic carbocycles.